The van der Waals surface area contributed by atoms with E-state index in [4.69, 9.17) is 4.74 Å². The number of ether oxygens (including phenoxy) is 1. The molecule has 0 aromatic heterocycles. The Bertz CT molecular complexity index is 1090. The highest BCUT2D eigenvalue weighted by Crippen LogP contribution is 2.39. The third kappa shape index (κ3) is 5.34. The summed E-state index contributed by atoms with van der Waals surface area (Å²) in [5.74, 6) is -0.410. The normalized spacial score (nSPS) is 12.2. The van der Waals surface area contributed by atoms with Crippen molar-refractivity contribution >= 4 is 12.0 Å². The Morgan fingerprint density at radius 2 is 1.38 bits per heavy atom. The number of aryl methyl sites for hydroxylation is 1. The van der Waals surface area contributed by atoms with Crippen molar-refractivity contribution in [3.63, 3.8) is 0 Å². The van der Waals surface area contributed by atoms with Gasteiger partial charge >= 0.3 is 5.97 Å². The Labute approximate surface area is 191 Å². The van der Waals surface area contributed by atoms with E-state index in [1.54, 1.807) is 0 Å². The highest BCUT2D eigenvalue weighted by Gasteiger charge is 2.38. The molecule has 0 aliphatic rings. The van der Waals surface area contributed by atoms with Crippen LogP contribution in [0.1, 0.15) is 49.4 Å². The molecule has 3 nitrogen and oxygen atoms in total. The molecule has 0 fully saturated rings. The molecule has 3 aromatic rings. The van der Waals surface area contributed by atoms with Gasteiger partial charge in [-0.1, -0.05) is 84.9 Å². The third-order valence-electron chi connectivity index (χ3n) is 5.36. The van der Waals surface area contributed by atoms with Crippen molar-refractivity contribution in [2.45, 2.75) is 45.1 Å². The van der Waals surface area contributed by atoms with E-state index in [2.05, 4.69) is 6.07 Å². The van der Waals surface area contributed by atoms with E-state index in [0.29, 0.717) is 5.57 Å². The van der Waals surface area contributed by atoms with Gasteiger partial charge in [0.05, 0.1) is 6.07 Å². The van der Waals surface area contributed by atoms with Crippen molar-refractivity contribution in [2.24, 2.45) is 0 Å². The van der Waals surface area contributed by atoms with Crippen LogP contribution < -0.4 is 0 Å². The molecule has 3 aromatic carbocycles. The second-order valence-corrected chi connectivity index (χ2v) is 8.95. The van der Waals surface area contributed by atoms with Gasteiger partial charge in [-0.25, -0.2) is 4.79 Å². The third-order valence-corrected chi connectivity index (χ3v) is 5.36. The van der Waals surface area contributed by atoms with Crippen molar-refractivity contribution in [1.29, 1.82) is 5.26 Å². The smallest absolute Gasteiger partial charge is 0.334 e. The molecule has 3 rings (SSSR count). The molecule has 0 aliphatic carbocycles. The summed E-state index contributed by atoms with van der Waals surface area (Å²) in [6, 6.07) is 29.7. The predicted molar refractivity (Wildman–Crippen MR) is 129 cm³/mol. The average molecular weight is 424 g/mol. The number of carbonyl (C=O) groups excluding carboxylic acids is 1. The fraction of sp³-hybridized carbons (Fsp3) is 0.241. The van der Waals surface area contributed by atoms with Crippen molar-refractivity contribution in [1.82, 2.24) is 0 Å². The number of hydrogen-bond acceptors (Lipinski definition) is 3. The van der Waals surface area contributed by atoms with Gasteiger partial charge in [0.25, 0.3) is 0 Å². The lowest BCUT2D eigenvalue weighted by Gasteiger charge is -2.30. The zero-order valence-electron chi connectivity index (χ0n) is 19.1. The largest absolute Gasteiger partial charge is 0.457 e. The van der Waals surface area contributed by atoms with Crippen LogP contribution in [0, 0.1) is 18.3 Å². The highest BCUT2D eigenvalue weighted by atomic mass is 16.6. The average Bonchev–Trinajstić information content (AvgIpc) is 2.78. The summed E-state index contributed by atoms with van der Waals surface area (Å²) in [4.78, 5) is 13.3. The zero-order chi connectivity index (χ0) is 23.2. The summed E-state index contributed by atoms with van der Waals surface area (Å²) in [6.07, 6.45) is 2.06. The Kier molecular flexibility index (Phi) is 6.95. The number of benzene rings is 3. The van der Waals surface area contributed by atoms with Crippen LogP contribution in [0.25, 0.3) is 6.08 Å². The quantitative estimate of drug-likeness (QED) is 0.331. The molecule has 0 saturated carbocycles. The van der Waals surface area contributed by atoms with Gasteiger partial charge in [-0.3, -0.25) is 0 Å². The fourth-order valence-electron chi connectivity index (χ4n) is 3.73. The van der Waals surface area contributed by atoms with Crippen LogP contribution in [-0.4, -0.2) is 11.6 Å². The van der Waals surface area contributed by atoms with E-state index < -0.39 is 17.0 Å². The second-order valence-electron chi connectivity index (χ2n) is 8.95. The molecule has 162 valence electrons. The molecule has 0 radical (unpaired) electrons. The topological polar surface area (TPSA) is 50.1 Å². The molecule has 0 bridgehead atoms. The Morgan fingerprint density at radius 1 is 0.875 bits per heavy atom. The zero-order valence-corrected chi connectivity index (χ0v) is 19.1. The molecule has 32 heavy (non-hydrogen) atoms. The van der Waals surface area contributed by atoms with Crippen LogP contribution in [0.2, 0.25) is 0 Å². The lowest BCUT2D eigenvalue weighted by atomic mass is 9.71. The number of esters is 1. The first-order chi connectivity index (χ1) is 15.2. The standard InChI is InChI=1S/C29H29NO2/c1-22-13-11-12-14-23(22)19-24(27(31)32-28(2,3)4)20-29(21-30,25-15-7-5-8-16-25)26-17-9-6-10-18-26/h5-19H,20H2,1-4H3/b24-19+. The lowest BCUT2D eigenvalue weighted by Crippen LogP contribution is -2.31. The van der Waals surface area contributed by atoms with Crippen LogP contribution in [-0.2, 0) is 14.9 Å². The van der Waals surface area contributed by atoms with Gasteiger partial charge in [-0.05, 0) is 56.0 Å². The summed E-state index contributed by atoms with van der Waals surface area (Å²) in [5.41, 5.74) is 2.45. The van der Waals surface area contributed by atoms with E-state index >= 15 is 0 Å². The number of carbonyl (C=O) groups is 1. The van der Waals surface area contributed by atoms with Gasteiger partial charge < -0.3 is 4.74 Å². The monoisotopic (exact) mass is 423 g/mol. The van der Waals surface area contributed by atoms with Crippen molar-refractivity contribution < 1.29 is 9.53 Å². The van der Waals surface area contributed by atoms with Crippen LogP contribution >= 0.6 is 0 Å². The molecular weight excluding hydrogens is 394 g/mol. The molecular formula is C29H29NO2. The maximum absolute atomic E-state index is 13.3. The molecule has 0 atom stereocenters. The molecule has 0 heterocycles. The van der Waals surface area contributed by atoms with E-state index in [0.717, 1.165) is 22.3 Å². The summed E-state index contributed by atoms with van der Waals surface area (Å²) in [7, 11) is 0. The fourth-order valence-corrected chi connectivity index (χ4v) is 3.73. The maximum atomic E-state index is 13.3. The molecule has 0 spiro atoms. The Balaban J connectivity index is 2.19. The van der Waals surface area contributed by atoms with Gasteiger partial charge in [0.1, 0.15) is 11.0 Å². The summed E-state index contributed by atoms with van der Waals surface area (Å²) in [5, 5.41) is 10.5. The minimum atomic E-state index is -1.03. The molecule has 0 unspecified atom stereocenters. The summed E-state index contributed by atoms with van der Waals surface area (Å²) >= 11 is 0. The molecule has 3 heteroatoms. The lowest BCUT2D eigenvalue weighted by molar-refractivity contribution is -0.150. The first-order valence-corrected chi connectivity index (χ1v) is 10.8. The van der Waals surface area contributed by atoms with Gasteiger partial charge in [0, 0.05) is 12.0 Å². The van der Waals surface area contributed by atoms with Gasteiger partial charge in [-0.2, -0.15) is 5.26 Å². The van der Waals surface area contributed by atoms with Crippen molar-refractivity contribution in [2.75, 3.05) is 0 Å². The SMILES string of the molecule is Cc1ccccc1/C=C(\CC(C#N)(c1ccccc1)c1ccccc1)C(=O)OC(C)(C)C. The van der Waals surface area contributed by atoms with Crippen molar-refractivity contribution in [3.8, 4) is 6.07 Å². The summed E-state index contributed by atoms with van der Waals surface area (Å²) < 4.78 is 5.76. The van der Waals surface area contributed by atoms with Crippen LogP contribution in [0.3, 0.4) is 0 Å². The minimum absolute atomic E-state index is 0.195. The molecule has 0 N–H and O–H groups in total. The maximum Gasteiger partial charge on any atom is 0.334 e. The first kappa shape index (κ1) is 23.0. The van der Waals surface area contributed by atoms with Crippen LogP contribution in [0.5, 0.6) is 0 Å². The molecule has 0 aliphatic heterocycles. The molecule has 0 saturated heterocycles. The van der Waals surface area contributed by atoms with E-state index in [-0.39, 0.29) is 6.42 Å². The number of nitriles is 1. The van der Waals surface area contributed by atoms with Crippen LogP contribution in [0.15, 0.2) is 90.5 Å². The molecule has 0 amide bonds. The van der Waals surface area contributed by atoms with Gasteiger partial charge in [-0.15, -0.1) is 0 Å². The number of nitrogens with zero attached hydrogens (tertiary/aromatic N) is 1. The first-order valence-electron chi connectivity index (χ1n) is 10.8. The van der Waals surface area contributed by atoms with E-state index in [1.807, 2.05) is 119 Å². The van der Waals surface area contributed by atoms with Gasteiger partial charge in [0.15, 0.2) is 0 Å². The highest BCUT2D eigenvalue weighted by molar-refractivity contribution is 5.94. The predicted octanol–water partition coefficient (Wildman–Crippen LogP) is 6.62. The number of hydrogen-bond donors (Lipinski definition) is 0. The van der Waals surface area contributed by atoms with E-state index in [9.17, 15) is 10.1 Å². The van der Waals surface area contributed by atoms with Crippen molar-refractivity contribution in [3.05, 3.63) is 113 Å². The van der Waals surface area contributed by atoms with E-state index in [1.165, 1.54) is 0 Å². The number of rotatable bonds is 6. The summed E-state index contributed by atoms with van der Waals surface area (Å²) in [6.45, 7) is 7.55. The van der Waals surface area contributed by atoms with Gasteiger partial charge in [0.2, 0.25) is 0 Å². The Hall–Kier alpha value is -3.64. The Morgan fingerprint density at radius 3 is 1.84 bits per heavy atom. The second kappa shape index (κ2) is 9.66. The van der Waals surface area contributed by atoms with Crippen LogP contribution in [0.4, 0.5) is 0 Å². The minimum Gasteiger partial charge on any atom is -0.457 e.